The van der Waals surface area contributed by atoms with Gasteiger partial charge >= 0.3 is 0 Å². The predicted molar refractivity (Wildman–Crippen MR) is 188 cm³/mol. The molecule has 0 saturated heterocycles. The van der Waals surface area contributed by atoms with Crippen LogP contribution in [0.5, 0.6) is 0 Å². The van der Waals surface area contributed by atoms with Crippen molar-refractivity contribution in [3.05, 3.63) is 66.8 Å². The Hall–Kier alpha value is 2.64. The molecule has 192 valence electrons. The standard InChI is InChI=1S/C24H24S12/c1-13-14-2-27-31-8-20-18(4-26-25-1)21-9-32-28-3-15(13)17-6-30-35-11-23(21)24-12-36-33-7-19(17)16(14)5-29-34-10-22(20)24/h1-12H2. The summed E-state index contributed by atoms with van der Waals surface area (Å²) in [6.45, 7) is 0. The maximum atomic E-state index is 2.14. The zero-order valence-electron chi connectivity index (χ0n) is 19.4. The highest BCUT2D eigenvalue weighted by Gasteiger charge is 2.30. The summed E-state index contributed by atoms with van der Waals surface area (Å²) in [5.74, 6) is 13.9. The maximum absolute atomic E-state index is 2.14. The summed E-state index contributed by atoms with van der Waals surface area (Å²) in [5.41, 5.74) is 20.5. The van der Waals surface area contributed by atoms with Gasteiger partial charge in [0.2, 0.25) is 0 Å². The minimum Gasteiger partial charge on any atom is -0.0890 e. The van der Waals surface area contributed by atoms with E-state index in [4.69, 9.17) is 0 Å². The van der Waals surface area contributed by atoms with Gasteiger partial charge in [0.05, 0.1) is 0 Å². The summed E-state index contributed by atoms with van der Waals surface area (Å²) in [6, 6.07) is 0. The second-order valence-electron chi connectivity index (χ2n) is 8.89. The molecule has 12 bridgehead atoms. The summed E-state index contributed by atoms with van der Waals surface area (Å²) in [4.78, 5) is 0. The number of rotatable bonds is 0. The van der Waals surface area contributed by atoms with Crippen molar-refractivity contribution < 1.29 is 0 Å². The fourth-order valence-corrected chi connectivity index (χ4v) is 19.3. The molecular formula is C24H24S12. The molecule has 0 aromatic heterocycles. The maximum Gasteiger partial charge on any atom is 0.0295 e. The Kier molecular flexibility index (Phi) is 9.83. The fourth-order valence-electron chi connectivity index (χ4n) is 5.48. The molecule has 0 fully saturated rings. The van der Waals surface area contributed by atoms with E-state index in [1.807, 2.05) is 0 Å². The Morgan fingerprint density at radius 2 is 0.250 bits per heavy atom. The zero-order valence-corrected chi connectivity index (χ0v) is 29.2. The largest absolute Gasteiger partial charge is 0.0890 e. The van der Waals surface area contributed by atoms with Crippen LogP contribution in [0.2, 0.25) is 0 Å². The van der Waals surface area contributed by atoms with E-state index in [1.165, 1.54) is 0 Å². The van der Waals surface area contributed by atoms with Crippen LogP contribution in [0.4, 0.5) is 0 Å². The average molecular weight is 697 g/mol. The lowest BCUT2D eigenvalue weighted by molar-refractivity contribution is 1.07. The van der Waals surface area contributed by atoms with E-state index in [1.54, 1.807) is 66.8 Å². The van der Waals surface area contributed by atoms with Crippen LogP contribution in [-0.2, 0) is 69.0 Å². The molecule has 0 amide bonds. The van der Waals surface area contributed by atoms with E-state index < -0.39 is 0 Å². The van der Waals surface area contributed by atoms with E-state index in [0.717, 1.165) is 69.0 Å². The second-order valence-corrected chi connectivity index (χ2v) is 23.7. The van der Waals surface area contributed by atoms with Gasteiger partial charge in [0.15, 0.2) is 0 Å². The van der Waals surface area contributed by atoms with Crippen LogP contribution in [0.15, 0.2) is 0 Å². The Morgan fingerprint density at radius 1 is 0.167 bits per heavy atom. The van der Waals surface area contributed by atoms with Crippen molar-refractivity contribution in [1.29, 1.82) is 0 Å². The number of hydrogen-bond donors (Lipinski definition) is 0. The van der Waals surface area contributed by atoms with Crippen molar-refractivity contribution in [2.24, 2.45) is 0 Å². The molecule has 36 heavy (non-hydrogen) atoms. The van der Waals surface area contributed by atoms with Crippen LogP contribution >= 0.6 is 130 Å². The quantitative estimate of drug-likeness (QED) is 0.241. The lowest BCUT2D eigenvalue weighted by atomic mass is 9.90. The van der Waals surface area contributed by atoms with Crippen molar-refractivity contribution in [3.8, 4) is 0 Å². The third kappa shape index (κ3) is 5.42. The predicted octanol–water partition coefficient (Wildman–Crippen LogP) is 11.7. The summed E-state index contributed by atoms with van der Waals surface area (Å²) in [7, 11) is 25.6. The minimum atomic E-state index is 1.16. The van der Waals surface area contributed by atoms with E-state index in [-0.39, 0.29) is 0 Å². The van der Waals surface area contributed by atoms with Gasteiger partial charge in [-0.2, -0.15) is 0 Å². The molecule has 12 heteroatoms. The highest BCUT2D eigenvalue weighted by molar-refractivity contribution is 8.77. The van der Waals surface area contributed by atoms with Crippen molar-refractivity contribution in [2.45, 2.75) is 69.0 Å². The zero-order chi connectivity index (χ0) is 23.9. The molecule has 0 unspecified atom stereocenters. The van der Waals surface area contributed by atoms with Gasteiger partial charge in [0.25, 0.3) is 0 Å². The number of fused-ring (bicyclic) bond motifs is 18. The third-order valence-electron chi connectivity index (χ3n) is 7.31. The van der Waals surface area contributed by atoms with Gasteiger partial charge < -0.3 is 0 Å². The molecule has 2 aromatic carbocycles. The molecule has 0 nitrogen and oxygen atoms in total. The summed E-state index contributed by atoms with van der Waals surface area (Å²) in [6.07, 6.45) is 0. The fraction of sp³-hybridized carbons (Fsp3) is 0.500. The van der Waals surface area contributed by atoms with Crippen LogP contribution in [0.25, 0.3) is 0 Å². The Balaban J connectivity index is 1.61. The Morgan fingerprint density at radius 3 is 0.333 bits per heavy atom. The van der Waals surface area contributed by atoms with Crippen LogP contribution in [0.1, 0.15) is 66.8 Å². The molecule has 0 atom stereocenters. The first-order valence-corrected chi connectivity index (χ1v) is 26.6. The van der Waals surface area contributed by atoms with E-state index in [9.17, 15) is 0 Å². The lowest BCUT2D eigenvalue weighted by Gasteiger charge is -2.31. The van der Waals surface area contributed by atoms with E-state index in [0.29, 0.717) is 0 Å². The van der Waals surface area contributed by atoms with Crippen molar-refractivity contribution in [2.75, 3.05) is 0 Å². The van der Waals surface area contributed by atoms with E-state index >= 15 is 0 Å². The summed E-state index contributed by atoms with van der Waals surface area (Å²) < 4.78 is 0. The highest BCUT2D eigenvalue weighted by atomic mass is 33.1. The first-order valence-electron chi connectivity index (χ1n) is 11.7. The lowest BCUT2D eigenvalue weighted by Crippen LogP contribution is -2.15. The average Bonchev–Trinajstić information content (AvgIpc) is 2.84. The van der Waals surface area contributed by atoms with Crippen molar-refractivity contribution in [1.82, 2.24) is 0 Å². The topological polar surface area (TPSA) is 0 Å². The SMILES string of the molecule is C1SSCc2c3c4c5c6c2CSSCc2c1c(c(c(c2CSSC6)CSSC5)CSSC4)CSSC3. The minimum absolute atomic E-state index is 1.16. The molecule has 0 spiro atoms. The number of hydrogen-bond acceptors (Lipinski definition) is 12. The molecule has 8 rings (SSSR count). The molecular weight excluding hydrogens is 673 g/mol. The van der Waals surface area contributed by atoms with Gasteiger partial charge in [-0.25, -0.2) is 0 Å². The highest BCUT2D eigenvalue weighted by Crippen LogP contribution is 2.53. The molecule has 0 N–H and O–H groups in total. The summed E-state index contributed by atoms with van der Waals surface area (Å²) in [5, 5.41) is 0. The molecule has 0 saturated carbocycles. The Labute approximate surface area is 262 Å². The van der Waals surface area contributed by atoms with Gasteiger partial charge in [-0.05, 0) is 66.8 Å². The van der Waals surface area contributed by atoms with Crippen molar-refractivity contribution in [3.63, 3.8) is 0 Å². The van der Waals surface area contributed by atoms with Gasteiger partial charge in [-0.1, -0.05) is 130 Å². The van der Waals surface area contributed by atoms with Gasteiger partial charge in [-0.3, -0.25) is 0 Å². The van der Waals surface area contributed by atoms with Crippen LogP contribution in [-0.4, -0.2) is 0 Å². The van der Waals surface area contributed by atoms with Crippen LogP contribution in [0, 0.1) is 0 Å². The first kappa shape index (κ1) is 27.5. The van der Waals surface area contributed by atoms with Crippen LogP contribution in [0.3, 0.4) is 0 Å². The van der Waals surface area contributed by atoms with Gasteiger partial charge in [0.1, 0.15) is 0 Å². The van der Waals surface area contributed by atoms with E-state index in [2.05, 4.69) is 130 Å². The first-order chi connectivity index (χ1) is 17.9. The molecule has 6 aliphatic heterocycles. The third-order valence-corrected chi connectivity index (χ3v) is 20.4. The molecule has 6 heterocycles. The van der Waals surface area contributed by atoms with Crippen LogP contribution < -0.4 is 0 Å². The molecule has 0 aliphatic carbocycles. The smallest absolute Gasteiger partial charge is 0.0295 e. The molecule has 6 aliphatic rings. The Bertz CT molecular complexity index is 815. The second kappa shape index (κ2) is 12.9. The van der Waals surface area contributed by atoms with Crippen molar-refractivity contribution >= 4 is 130 Å². The number of benzene rings is 2. The molecule has 0 radical (unpaired) electrons. The van der Waals surface area contributed by atoms with Gasteiger partial charge in [0, 0.05) is 69.0 Å². The molecule has 2 aromatic rings. The van der Waals surface area contributed by atoms with Gasteiger partial charge in [-0.15, -0.1) is 0 Å². The monoisotopic (exact) mass is 696 g/mol. The summed E-state index contributed by atoms with van der Waals surface area (Å²) >= 11 is 0. The normalized spacial score (nSPS) is 22.0.